The van der Waals surface area contributed by atoms with E-state index in [1.165, 1.54) is 16.7 Å². The van der Waals surface area contributed by atoms with Crippen LogP contribution < -0.4 is 4.74 Å². The molecule has 2 nitrogen and oxygen atoms in total. The van der Waals surface area contributed by atoms with Crippen LogP contribution in [0.5, 0.6) is 5.75 Å². The van der Waals surface area contributed by atoms with E-state index in [-0.39, 0.29) is 5.78 Å². The summed E-state index contributed by atoms with van der Waals surface area (Å²) < 4.78 is 5.10. The molecule has 2 rings (SSSR count). The number of ether oxygens (including phenoxy) is 1. The maximum atomic E-state index is 12.1. The molecule has 0 aliphatic rings. The van der Waals surface area contributed by atoms with E-state index in [0.717, 1.165) is 24.2 Å². The van der Waals surface area contributed by atoms with Crippen molar-refractivity contribution in [3.8, 4) is 5.75 Å². The Hall–Kier alpha value is -2.09. The first-order valence-corrected chi connectivity index (χ1v) is 7.33. The van der Waals surface area contributed by atoms with Gasteiger partial charge in [-0.05, 0) is 62.1 Å². The number of methoxy groups -OCH3 is 1. The van der Waals surface area contributed by atoms with Gasteiger partial charge in [0.25, 0.3) is 0 Å². The van der Waals surface area contributed by atoms with Crippen LogP contribution in [0.4, 0.5) is 0 Å². The SMILES string of the molecule is COc1ccc(C(=O)CCCc2ccc(C)cc2C)cc1. The molecule has 110 valence electrons. The van der Waals surface area contributed by atoms with Crippen LogP contribution in [0.25, 0.3) is 0 Å². The first-order chi connectivity index (χ1) is 10.1. The topological polar surface area (TPSA) is 26.3 Å². The molecular weight excluding hydrogens is 260 g/mol. The number of aryl methyl sites for hydroxylation is 3. The summed E-state index contributed by atoms with van der Waals surface area (Å²) in [4.78, 5) is 12.1. The second-order valence-electron chi connectivity index (χ2n) is 5.44. The molecule has 0 aliphatic carbocycles. The summed E-state index contributed by atoms with van der Waals surface area (Å²) in [6.07, 6.45) is 2.42. The molecule has 0 N–H and O–H groups in total. The molecule has 0 atom stereocenters. The summed E-state index contributed by atoms with van der Waals surface area (Å²) in [5.74, 6) is 0.976. The van der Waals surface area contributed by atoms with Gasteiger partial charge in [-0.3, -0.25) is 4.79 Å². The molecule has 0 bridgehead atoms. The highest BCUT2D eigenvalue weighted by Gasteiger charge is 2.07. The fourth-order valence-electron chi connectivity index (χ4n) is 2.49. The van der Waals surface area contributed by atoms with Gasteiger partial charge in [-0.2, -0.15) is 0 Å². The molecule has 0 spiro atoms. The van der Waals surface area contributed by atoms with E-state index in [1.807, 2.05) is 24.3 Å². The summed E-state index contributed by atoms with van der Waals surface area (Å²) in [6.45, 7) is 4.23. The molecule has 0 radical (unpaired) electrons. The van der Waals surface area contributed by atoms with E-state index in [0.29, 0.717) is 6.42 Å². The maximum absolute atomic E-state index is 12.1. The van der Waals surface area contributed by atoms with Crippen LogP contribution in [0.2, 0.25) is 0 Å². The number of carbonyl (C=O) groups is 1. The molecule has 0 unspecified atom stereocenters. The van der Waals surface area contributed by atoms with E-state index >= 15 is 0 Å². The van der Waals surface area contributed by atoms with Crippen LogP contribution in [-0.2, 0) is 6.42 Å². The summed E-state index contributed by atoms with van der Waals surface area (Å²) >= 11 is 0. The standard InChI is InChI=1S/C19H22O2/c1-14-7-8-16(15(2)13-14)5-4-6-19(20)17-9-11-18(21-3)12-10-17/h7-13H,4-6H2,1-3H3. The lowest BCUT2D eigenvalue weighted by molar-refractivity contribution is 0.0980. The minimum Gasteiger partial charge on any atom is -0.497 e. The number of Topliss-reactive ketones (excluding diaryl/α,β-unsaturated/α-hetero) is 1. The van der Waals surface area contributed by atoms with E-state index in [1.54, 1.807) is 7.11 Å². The summed E-state index contributed by atoms with van der Waals surface area (Å²) in [7, 11) is 1.63. The smallest absolute Gasteiger partial charge is 0.162 e. The van der Waals surface area contributed by atoms with Crippen LogP contribution in [0, 0.1) is 13.8 Å². The van der Waals surface area contributed by atoms with Crippen LogP contribution in [0.15, 0.2) is 42.5 Å². The van der Waals surface area contributed by atoms with Crippen molar-refractivity contribution in [2.24, 2.45) is 0 Å². The minimum absolute atomic E-state index is 0.197. The van der Waals surface area contributed by atoms with Crippen molar-refractivity contribution < 1.29 is 9.53 Å². The Bertz CT molecular complexity index is 612. The zero-order valence-corrected chi connectivity index (χ0v) is 13.0. The highest BCUT2D eigenvalue weighted by atomic mass is 16.5. The number of hydrogen-bond acceptors (Lipinski definition) is 2. The molecule has 2 aromatic carbocycles. The van der Waals surface area contributed by atoms with Gasteiger partial charge in [-0.25, -0.2) is 0 Å². The number of ketones is 1. The zero-order chi connectivity index (χ0) is 15.2. The van der Waals surface area contributed by atoms with Gasteiger partial charge in [0.2, 0.25) is 0 Å². The second-order valence-corrected chi connectivity index (χ2v) is 5.44. The molecule has 0 aromatic heterocycles. The van der Waals surface area contributed by atoms with E-state index < -0.39 is 0 Å². The Morgan fingerprint density at radius 2 is 1.76 bits per heavy atom. The van der Waals surface area contributed by atoms with E-state index in [2.05, 4.69) is 32.0 Å². The third-order valence-corrected chi connectivity index (χ3v) is 3.76. The minimum atomic E-state index is 0.197. The number of hydrogen-bond donors (Lipinski definition) is 0. The lowest BCUT2D eigenvalue weighted by Crippen LogP contribution is -2.00. The predicted molar refractivity (Wildman–Crippen MR) is 86.2 cm³/mol. The maximum Gasteiger partial charge on any atom is 0.162 e. The molecule has 0 saturated heterocycles. The highest BCUT2D eigenvalue weighted by Crippen LogP contribution is 2.16. The third kappa shape index (κ3) is 4.19. The van der Waals surface area contributed by atoms with Crippen molar-refractivity contribution in [1.29, 1.82) is 0 Å². The fourth-order valence-corrected chi connectivity index (χ4v) is 2.49. The molecule has 0 fully saturated rings. The Kier molecular flexibility index (Phi) is 5.15. The summed E-state index contributed by atoms with van der Waals surface area (Å²) in [5, 5.41) is 0. The Morgan fingerprint density at radius 3 is 2.38 bits per heavy atom. The molecule has 0 saturated carbocycles. The Morgan fingerprint density at radius 1 is 1.05 bits per heavy atom. The quantitative estimate of drug-likeness (QED) is 0.728. The average molecular weight is 282 g/mol. The first kappa shape index (κ1) is 15.3. The van der Waals surface area contributed by atoms with Gasteiger partial charge < -0.3 is 4.74 Å². The molecule has 0 aliphatic heterocycles. The van der Waals surface area contributed by atoms with Gasteiger partial charge in [0.05, 0.1) is 7.11 Å². The molecule has 0 amide bonds. The largest absolute Gasteiger partial charge is 0.497 e. The van der Waals surface area contributed by atoms with Crippen LogP contribution in [0.3, 0.4) is 0 Å². The van der Waals surface area contributed by atoms with Gasteiger partial charge in [0.15, 0.2) is 5.78 Å². The number of benzene rings is 2. The molecule has 2 heteroatoms. The molecule has 0 heterocycles. The van der Waals surface area contributed by atoms with Gasteiger partial charge >= 0.3 is 0 Å². The van der Waals surface area contributed by atoms with E-state index in [9.17, 15) is 4.79 Å². The zero-order valence-electron chi connectivity index (χ0n) is 13.0. The van der Waals surface area contributed by atoms with Crippen molar-refractivity contribution in [3.63, 3.8) is 0 Å². The van der Waals surface area contributed by atoms with Gasteiger partial charge in [0, 0.05) is 12.0 Å². The van der Waals surface area contributed by atoms with E-state index in [4.69, 9.17) is 4.74 Å². The molecular formula is C19H22O2. The Labute approximate surface area is 126 Å². The number of rotatable bonds is 6. The van der Waals surface area contributed by atoms with Crippen LogP contribution >= 0.6 is 0 Å². The van der Waals surface area contributed by atoms with Crippen molar-refractivity contribution >= 4 is 5.78 Å². The third-order valence-electron chi connectivity index (χ3n) is 3.76. The lowest BCUT2D eigenvalue weighted by atomic mass is 9.98. The van der Waals surface area contributed by atoms with Gasteiger partial charge in [-0.1, -0.05) is 23.8 Å². The predicted octanol–water partition coefficient (Wildman–Crippen LogP) is 4.52. The molecule has 21 heavy (non-hydrogen) atoms. The summed E-state index contributed by atoms with van der Waals surface area (Å²) in [6, 6.07) is 13.8. The fraction of sp³-hybridized carbons (Fsp3) is 0.316. The highest BCUT2D eigenvalue weighted by molar-refractivity contribution is 5.96. The lowest BCUT2D eigenvalue weighted by Gasteiger charge is -2.07. The van der Waals surface area contributed by atoms with Crippen molar-refractivity contribution in [2.45, 2.75) is 33.1 Å². The van der Waals surface area contributed by atoms with Crippen molar-refractivity contribution in [3.05, 3.63) is 64.7 Å². The van der Waals surface area contributed by atoms with Crippen molar-refractivity contribution in [1.82, 2.24) is 0 Å². The monoisotopic (exact) mass is 282 g/mol. The first-order valence-electron chi connectivity index (χ1n) is 7.33. The van der Waals surface area contributed by atoms with Gasteiger partial charge in [-0.15, -0.1) is 0 Å². The van der Waals surface area contributed by atoms with Crippen LogP contribution in [-0.4, -0.2) is 12.9 Å². The van der Waals surface area contributed by atoms with Gasteiger partial charge in [0.1, 0.15) is 5.75 Å². The Balaban J connectivity index is 1.88. The second kappa shape index (κ2) is 7.07. The van der Waals surface area contributed by atoms with Crippen molar-refractivity contribution in [2.75, 3.05) is 7.11 Å². The summed E-state index contributed by atoms with van der Waals surface area (Å²) in [5.41, 5.74) is 4.69. The van der Waals surface area contributed by atoms with Crippen LogP contribution in [0.1, 0.15) is 39.9 Å². The molecule has 2 aromatic rings. The average Bonchev–Trinajstić information content (AvgIpc) is 2.49. The number of carbonyl (C=O) groups excluding carboxylic acids is 1. The normalized spacial score (nSPS) is 10.4.